The lowest BCUT2D eigenvalue weighted by Gasteiger charge is -2.01. The first-order chi connectivity index (χ1) is 9.65. The van der Waals surface area contributed by atoms with Gasteiger partial charge in [0, 0.05) is 28.1 Å². The number of rotatable bonds is 6. The van der Waals surface area contributed by atoms with E-state index in [4.69, 9.17) is 0 Å². The predicted molar refractivity (Wildman–Crippen MR) is 82.7 cm³/mol. The zero-order valence-corrected chi connectivity index (χ0v) is 12.6. The van der Waals surface area contributed by atoms with Crippen molar-refractivity contribution in [3.05, 3.63) is 45.4 Å². The Balaban J connectivity index is 1.68. The second-order valence-electron chi connectivity index (χ2n) is 4.70. The summed E-state index contributed by atoms with van der Waals surface area (Å²) < 4.78 is 0. The van der Waals surface area contributed by atoms with Gasteiger partial charge in [0.1, 0.15) is 0 Å². The maximum Gasteiger partial charge on any atom is 0.244 e. The Morgan fingerprint density at radius 2 is 2.30 bits per heavy atom. The van der Waals surface area contributed by atoms with Crippen LogP contribution in [0.4, 0.5) is 0 Å². The molecule has 0 aliphatic heterocycles. The van der Waals surface area contributed by atoms with E-state index in [1.807, 2.05) is 25.3 Å². The average molecular weight is 289 g/mol. The van der Waals surface area contributed by atoms with Gasteiger partial charge in [-0.1, -0.05) is 0 Å². The summed E-state index contributed by atoms with van der Waals surface area (Å²) in [6.07, 6.45) is 7.13. The van der Waals surface area contributed by atoms with Crippen molar-refractivity contribution in [3.8, 4) is 0 Å². The molecule has 0 radical (unpaired) electrons. The fourth-order valence-electron chi connectivity index (χ4n) is 1.88. The minimum Gasteiger partial charge on any atom is -0.353 e. The molecule has 4 nitrogen and oxygen atoms in total. The predicted octanol–water partition coefficient (Wildman–Crippen LogP) is 2.85. The lowest BCUT2D eigenvalue weighted by atomic mass is 10.1. The fourth-order valence-corrected chi connectivity index (χ4v) is 2.66. The van der Waals surface area contributed by atoms with Crippen LogP contribution < -0.4 is 5.32 Å². The van der Waals surface area contributed by atoms with E-state index >= 15 is 0 Å². The first-order valence-corrected chi connectivity index (χ1v) is 7.48. The molecule has 2 rings (SSSR count). The van der Waals surface area contributed by atoms with Crippen LogP contribution in [0, 0.1) is 13.8 Å². The Morgan fingerprint density at radius 3 is 2.95 bits per heavy atom. The summed E-state index contributed by atoms with van der Waals surface area (Å²) in [6, 6.07) is 4.07. The number of H-pyrrole nitrogens is 1. The van der Waals surface area contributed by atoms with Gasteiger partial charge in [0.2, 0.25) is 5.91 Å². The van der Waals surface area contributed by atoms with Crippen molar-refractivity contribution in [1.82, 2.24) is 15.5 Å². The van der Waals surface area contributed by atoms with Gasteiger partial charge >= 0.3 is 0 Å². The molecule has 2 N–H and O–H groups in total. The number of nitrogens with zero attached hydrogens (tertiary/aromatic N) is 1. The Kier molecular flexibility index (Phi) is 5.12. The van der Waals surface area contributed by atoms with Gasteiger partial charge in [-0.3, -0.25) is 9.89 Å². The maximum absolute atomic E-state index is 11.6. The van der Waals surface area contributed by atoms with Crippen molar-refractivity contribution in [2.24, 2.45) is 0 Å². The molecule has 0 fully saturated rings. The van der Waals surface area contributed by atoms with Gasteiger partial charge < -0.3 is 5.32 Å². The molecule has 0 bridgehead atoms. The number of carbonyl (C=O) groups is 1. The molecule has 0 unspecified atom stereocenters. The molecule has 1 amide bonds. The van der Waals surface area contributed by atoms with Gasteiger partial charge in [-0.25, -0.2) is 0 Å². The third-order valence-electron chi connectivity index (χ3n) is 3.02. The first kappa shape index (κ1) is 14.5. The van der Waals surface area contributed by atoms with Crippen LogP contribution in [-0.2, 0) is 11.2 Å². The summed E-state index contributed by atoms with van der Waals surface area (Å²) in [6.45, 7) is 4.74. The Bertz CT molecular complexity index is 598. The molecule has 5 heteroatoms. The monoisotopic (exact) mass is 289 g/mol. The molecule has 0 aliphatic rings. The molecule has 2 heterocycles. The van der Waals surface area contributed by atoms with Crippen molar-refractivity contribution < 1.29 is 4.79 Å². The van der Waals surface area contributed by atoms with E-state index in [0.29, 0.717) is 6.54 Å². The molecule has 2 aromatic heterocycles. The molecule has 106 valence electrons. The number of aromatic nitrogens is 2. The molecule has 20 heavy (non-hydrogen) atoms. The number of hydrogen-bond donors (Lipinski definition) is 2. The summed E-state index contributed by atoms with van der Waals surface area (Å²) in [7, 11) is 0. The van der Waals surface area contributed by atoms with Crippen molar-refractivity contribution in [1.29, 1.82) is 0 Å². The number of carbonyl (C=O) groups excluding carboxylic acids is 1. The maximum atomic E-state index is 11.6. The molecular formula is C15H19N3OS. The summed E-state index contributed by atoms with van der Waals surface area (Å²) in [5.74, 6) is -0.0417. The Hall–Kier alpha value is -1.88. The zero-order valence-electron chi connectivity index (χ0n) is 11.8. The van der Waals surface area contributed by atoms with E-state index in [0.717, 1.165) is 23.4 Å². The van der Waals surface area contributed by atoms with Gasteiger partial charge in [0.05, 0.1) is 6.20 Å². The fraction of sp³-hybridized carbons (Fsp3) is 0.333. The van der Waals surface area contributed by atoms with E-state index in [1.54, 1.807) is 17.4 Å². The van der Waals surface area contributed by atoms with Crippen molar-refractivity contribution in [2.45, 2.75) is 26.7 Å². The second kappa shape index (κ2) is 7.05. The average Bonchev–Trinajstić information content (AvgIpc) is 3.01. The van der Waals surface area contributed by atoms with Crippen LogP contribution in [0.15, 0.2) is 24.4 Å². The third-order valence-corrected chi connectivity index (χ3v) is 3.98. The first-order valence-electron chi connectivity index (χ1n) is 6.66. The lowest BCUT2D eigenvalue weighted by Crippen LogP contribution is -2.22. The highest BCUT2D eigenvalue weighted by molar-refractivity contribution is 7.12. The smallest absolute Gasteiger partial charge is 0.244 e. The van der Waals surface area contributed by atoms with Crippen LogP contribution in [0.1, 0.15) is 27.4 Å². The topological polar surface area (TPSA) is 57.8 Å². The summed E-state index contributed by atoms with van der Waals surface area (Å²) in [5, 5.41) is 9.78. The quantitative estimate of drug-likeness (QED) is 0.634. The molecule has 2 aromatic rings. The largest absolute Gasteiger partial charge is 0.353 e. The molecular weight excluding hydrogens is 270 g/mol. The standard InChI is InChI=1S/C15H19N3OS/c1-11-5-6-14(20-11)7-8-15(19)16-9-3-4-13-10-17-18-12(13)2/h5-8,10H,3-4,9H2,1-2H3,(H,16,19)(H,17,18). The van der Waals surface area contributed by atoms with Crippen LogP contribution in [-0.4, -0.2) is 22.6 Å². The summed E-state index contributed by atoms with van der Waals surface area (Å²) >= 11 is 1.68. The number of aryl methyl sites for hydroxylation is 3. The van der Waals surface area contributed by atoms with E-state index in [-0.39, 0.29) is 5.91 Å². The van der Waals surface area contributed by atoms with Gasteiger partial charge in [0.25, 0.3) is 0 Å². The number of amides is 1. The number of nitrogens with one attached hydrogen (secondary N) is 2. The highest BCUT2D eigenvalue weighted by Gasteiger charge is 2.00. The SMILES string of the molecule is Cc1ccc(C=CC(=O)NCCCc2cn[nH]c2C)s1. The van der Waals surface area contributed by atoms with E-state index in [9.17, 15) is 4.79 Å². The normalized spacial score (nSPS) is 11.1. The Labute approximate surface area is 122 Å². The van der Waals surface area contributed by atoms with Gasteiger partial charge in [-0.05, 0) is 50.5 Å². The lowest BCUT2D eigenvalue weighted by molar-refractivity contribution is -0.116. The summed E-state index contributed by atoms with van der Waals surface area (Å²) in [5.41, 5.74) is 2.31. The minimum atomic E-state index is -0.0417. The number of aromatic amines is 1. The molecule has 0 spiro atoms. The molecule has 0 atom stereocenters. The zero-order chi connectivity index (χ0) is 14.4. The minimum absolute atomic E-state index is 0.0417. The van der Waals surface area contributed by atoms with Crippen LogP contribution in [0.5, 0.6) is 0 Å². The van der Waals surface area contributed by atoms with E-state index in [1.165, 1.54) is 10.4 Å². The second-order valence-corrected chi connectivity index (χ2v) is 6.02. The van der Waals surface area contributed by atoms with Crippen LogP contribution in [0.2, 0.25) is 0 Å². The van der Waals surface area contributed by atoms with Crippen LogP contribution in [0.3, 0.4) is 0 Å². The van der Waals surface area contributed by atoms with Crippen molar-refractivity contribution in [2.75, 3.05) is 6.54 Å². The highest BCUT2D eigenvalue weighted by atomic mass is 32.1. The van der Waals surface area contributed by atoms with Crippen molar-refractivity contribution >= 4 is 23.3 Å². The Morgan fingerprint density at radius 1 is 1.45 bits per heavy atom. The molecule has 0 aliphatic carbocycles. The third kappa shape index (κ3) is 4.35. The number of thiophene rings is 1. The van der Waals surface area contributed by atoms with Crippen LogP contribution in [0.25, 0.3) is 6.08 Å². The van der Waals surface area contributed by atoms with Gasteiger partial charge in [-0.2, -0.15) is 5.10 Å². The number of hydrogen-bond acceptors (Lipinski definition) is 3. The molecule has 0 aromatic carbocycles. The van der Waals surface area contributed by atoms with E-state index < -0.39 is 0 Å². The van der Waals surface area contributed by atoms with Gasteiger partial charge in [0.15, 0.2) is 0 Å². The van der Waals surface area contributed by atoms with Gasteiger partial charge in [-0.15, -0.1) is 11.3 Å². The summed E-state index contributed by atoms with van der Waals surface area (Å²) in [4.78, 5) is 14.0. The molecule has 0 saturated carbocycles. The highest BCUT2D eigenvalue weighted by Crippen LogP contribution is 2.16. The molecule has 0 saturated heterocycles. The van der Waals surface area contributed by atoms with Crippen molar-refractivity contribution in [3.63, 3.8) is 0 Å². The van der Waals surface area contributed by atoms with E-state index in [2.05, 4.69) is 28.5 Å². The van der Waals surface area contributed by atoms with Crippen LogP contribution >= 0.6 is 11.3 Å².